The Hall–Kier alpha value is -2.04. The van der Waals surface area contributed by atoms with Crippen LogP contribution in [-0.2, 0) is 0 Å². The fourth-order valence-corrected chi connectivity index (χ4v) is 2.80. The number of hydrogen-bond acceptors (Lipinski definition) is 6. The van der Waals surface area contributed by atoms with Crippen LogP contribution in [0.2, 0.25) is 0 Å². The second-order valence-electron chi connectivity index (χ2n) is 5.20. The molecule has 0 aromatic heterocycles. The number of hydrogen-bond donors (Lipinski definition) is 2. The molecule has 0 aliphatic rings. The van der Waals surface area contributed by atoms with Crippen LogP contribution in [0.3, 0.4) is 0 Å². The van der Waals surface area contributed by atoms with E-state index in [1.807, 2.05) is 6.92 Å². The molecule has 2 aromatic carbocycles. The zero-order chi connectivity index (χ0) is 19.9. The molecule has 0 heterocycles. The molecule has 0 fully saturated rings. The molecule has 0 aliphatic carbocycles. The van der Waals surface area contributed by atoms with Gasteiger partial charge in [0.05, 0.1) is 9.85 Å². The predicted octanol–water partition coefficient (Wildman–Crippen LogP) is 5.17. The van der Waals surface area contributed by atoms with E-state index in [1.54, 1.807) is 31.2 Å². The van der Waals surface area contributed by atoms with E-state index in [-0.39, 0.29) is 17.4 Å². The number of nitrogens with zero attached hydrogens (tertiary/aromatic N) is 2. The van der Waals surface area contributed by atoms with E-state index in [2.05, 4.69) is 37.2 Å². The maximum Gasteiger partial charge on any atom is 0.292 e. The number of halogens is 2. The van der Waals surface area contributed by atoms with Gasteiger partial charge in [-0.1, -0.05) is 31.9 Å². The van der Waals surface area contributed by atoms with Crippen LogP contribution in [0.1, 0.15) is 25.5 Å². The van der Waals surface area contributed by atoms with Crippen LogP contribution in [0.5, 0.6) is 0 Å². The van der Waals surface area contributed by atoms with Gasteiger partial charge in [0.25, 0.3) is 11.4 Å². The van der Waals surface area contributed by atoms with Crippen molar-refractivity contribution in [3.8, 4) is 0 Å². The zero-order valence-electron chi connectivity index (χ0n) is 14.1. The highest BCUT2D eigenvalue weighted by Crippen LogP contribution is 2.28. The van der Waals surface area contributed by atoms with Crippen molar-refractivity contribution in [3.63, 3.8) is 0 Å². The van der Waals surface area contributed by atoms with Crippen LogP contribution in [0.25, 0.3) is 0 Å². The number of rotatable bonds is 5. The minimum atomic E-state index is -0.425. The van der Waals surface area contributed by atoms with Gasteiger partial charge in [-0.15, -0.1) is 0 Å². The number of nitro groups is 2. The van der Waals surface area contributed by atoms with Crippen LogP contribution in [-0.4, -0.2) is 16.4 Å². The van der Waals surface area contributed by atoms with Crippen molar-refractivity contribution in [2.45, 2.75) is 19.9 Å². The molecule has 0 amide bonds. The van der Waals surface area contributed by atoms with Gasteiger partial charge in [0, 0.05) is 39.2 Å². The van der Waals surface area contributed by atoms with Crippen LogP contribution >= 0.6 is 31.9 Å². The lowest BCUT2D eigenvalue weighted by atomic mass is 10.1. The lowest BCUT2D eigenvalue weighted by Gasteiger charge is -2.06. The quantitative estimate of drug-likeness (QED) is 0.441. The van der Waals surface area contributed by atoms with E-state index in [4.69, 9.17) is 5.73 Å². The van der Waals surface area contributed by atoms with Gasteiger partial charge in [-0.3, -0.25) is 20.2 Å². The highest BCUT2D eigenvalue weighted by atomic mass is 79.9. The Morgan fingerprint density at radius 2 is 1.54 bits per heavy atom. The van der Waals surface area contributed by atoms with Gasteiger partial charge < -0.3 is 11.1 Å². The third kappa shape index (κ3) is 6.36. The molecule has 2 aromatic rings. The average Bonchev–Trinajstić information content (AvgIpc) is 2.55. The van der Waals surface area contributed by atoms with Gasteiger partial charge >= 0.3 is 0 Å². The summed E-state index contributed by atoms with van der Waals surface area (Å²) >= 11 is 6.49. The molecule has 3 N–H and O–H groups in total. The zero-order valence-corrected chi connectivity index (χ0v) is 17.3. The van der Waals surface area contributed by atoms with Crippen molar-refractivity contribution in [3.05, 3.63) is 71.1 Å². The highest BCUT2D eigenvalue weighted by Gasteiger charge is 2.16. The molecule has 2 rings (SSSR count). The molecule has 0 bridgehead atoms. The maximum absolute atomic E-state index is 10.6. The molecule has 0 saturated heterocycles. The minimum absolute atomic E-state index is 0.0678. The SMILES string of the molecule is CC(N)c1cc(Br)ccc1[N+](=O)[O-].CCNc1cc(Br)ccc1[N+](=O)[O-]. The third-order valence-electron chi connectivity index (χ3n) is 3.20. The largest absolute Gasteiger partial charge is 0.380 e. The number of nitrogens with one attached hydrogen (secondary N) is 1. The van der Waals surface area contributed by atoms with E-state index >= 15 is 0 Å². The Labute approximate surface area is 167 Å². The summed E-state index contributed by atoms with van der Waals surface area (Å²) in [5, 5.41) is 24.1. The van der Waals surface area contributed by atoms with Gasteiger partial charge in [0.1, 0.15) is 5.69 Å². The molecule has 0 spiro atoms. The Morgan fingerprint density at radius 3 is 2.00 bits per heavy atom. The van der Waals surface area contributed by atoms with Gasteiger partial charge in [-0.25, -0.2) is 0 Å². The number of benzene rings is 2. The molecule has 0 radical (unpaired) electrons. The topological polar surface area (TPSA) is 124 Å². The third-order valence-corrected chi connectivity index (χ3v) is 4.19. The minimum Gasteiger partial charge on any atom is -0.380 e. The van der Waals surface area contributed by atoms with E-state index < -0.39 is 9.85 Å². The molecule has 0 saturated carbocycles. The smallest absolute Gasteiger partial charge is 0.292 e. The van der Waals surface area contributed by atoms with Crippen LogP contribution in [0.4, 0.5) is 17.1 Å². The normalized spacial score (nSPS) is 11.1. The maximum atomic E-state index is 10.6. The molecular weight excluding hydrogens is 472 g/mol. The Kier molecular flexibility index (Phi) is 8.62. The van der Waals surface area contributed by atoms with Crippen LogP contribution in [0.15, 0.2) is 45.3 Å². The van der Waals surface area contributed by atoms with E-state index in [9.17, 15) is 20.2 Å². The predicted molar refractivity (Wildman–Crippen MR) is 108 cm³/mol. The van der Waals surface area contributed by atoms with Crippen molar-refractivity contribution in [2.24, 2.45) is 5.73 Å². The summed E-state index contributed by atoms with van der Waals surface area (Å²) in [7, 11) is 0. The first-order valence-electron chi connectivity index (χ1n) is 7.54. The van der Waals surface area contributed by atoms with Crippen molar-refractivity contribution in [1.82, 2.24) is 0 Å². The summed E-state index contributed by atoms with van der Waals surface area (Å²) < 4.78 is 1.62. The average molecular weight is 490 g/mol. The monoisotopic (exact) mass is 488 g/mol. The van der Waals surface area contributed by atoms with Gasteiger partial charge in [-0.2, -0.15) is 0 Å². The van der Waals surface area contributed by atoms with E-state index in [1.165, 1.54) is 12.1 Å². The highest BCUT2D eigenvalue weighted by molar-refractivity contribution is 9.10. The lowest BCUT2D eigenvalue weighted by molar-refractivity contribution is -0.385. The molecule has 1 atom stereocenters. The van der Waals surface area contributed by atoms with Crippen molar-refractivity contribution in [2.75, 3.05) is 11.9 Å². The Balaban J connectivity index is 0.000000260. The van der Waals surface area contributed by atoms with E-state index in [0.29, 0.717) is 17.8 Å². The Bertz CT molecular complexity index is 800. The van der Waals surface area contributed by atoms with Crippen molar-refractivity contribution >= 4 is 48.9 Å². The first-order valence-corrected chi connectivity index (χ1v) is 9.13. The summed E-state index contributed by atoms with van der Waals surface area (Å²) in [4.78, 5) is 20.3. The molecule has 10 heteroatoms. The fourth-order valence-electron chi connectivity index (χ4n) is 2.06. The second-order valence-corrected chi connectivity index (χ2v) is 7.03. The molecule has 26 heavy (non-hydrogen) atoms. The summed E-state index contributed by atoms with van der Waals surface area (Å²) in [5.74, 6) is 0. The number of anilines is 1. The van der Waals surface area contributed by atoms with Crippen LogP contribution in [0, 0.1) is 20.2 Å². The first kappa shape index (κ1) is 22.0. The summed E-state index contributed by atoms with van der Waals surface area (Å²) in [6, 6.07) is 9.23. The van der Waals surface area contributed by atoms with Gasteiger partial charge in [0.2, 0.25) is 0 Å². The summed E-state index contributed by atoms with van der Waals surface area (Å²) in [6.45, 7) is 4.27. The first-order chi connectivity index (χ1) is 12.2. The summed E-state index contributed by atoms with van der Waals surface area (Å²) in [5.41, 5.74) is 6.85. The molecule has 8 nitrogen and oxygen atoms in total. The van der Waals surface area contributed by atoms with Crippen LogP contribution < -0.4 is 11.1 Å². The standard InChI is InChI=1S/2C8H9BrN2O2/c1-5(10)7-4-6(9)2-3-8(7)11(12)13;1-2-10-7-5-6(9)3-4-8(7)11(12)13/h2-5H,10H2,1H3;3-5,10H,2H2,1H3. The molecule has 140 valence electrons. The van der Waals surface area contributed by atoms with Gasteiger partial charge in [-0.05, 0) is 38.1 Å². The van der Waals surface area contributed by atoms with E-state index in [0.717, 1.165) is 8.95 Å². The van der Waals surface area contributed by atoms with Gasteiger partial charge in [0.15, 0.2) is 0 Å². The van der Waals surface area contributed by atoms with Crippen molar-refractivity contribution in [1.29, 1.82) is 0 Å². The number of nitrogens with two attached hydrogens (primary N) is 1. The molecule has 0 aliphatic heterocycles. The van der Waals surface area contributed by atoms with Crippen molar-refractivity contribution < 1.29 is 9.85 Å². The molecule has 1 unspecified atom stereocenters. The fraction of sp³-hybridized carbons (Fsp3) is 0.250. The summed E-state index contributed by atoms with van der Waals surface area (Å²) in [6.07, 6.45) is 0. The Morgan fingerprint density at radius 1 is 1.04 bits per heavy atom. The lowest BCUT2D eigenvalue weighted by Crippen LogP contribution is -2.07. The number of nitro benzene ring substituents is 2. The second kappa shape index (κ2) is 10.2. The molecular formula is C16H18Br2N4O4.